The maximum absolute atomic E-state index is 12.3. The van der Waals surface area contributed by atoms with E-state index in [1.54, 1.807) is 12.1 Å². The van der Waals surface area contributed by atoms with Gasteiger partial charge < -0.3 is 25.0 Å². The van der Waals surface area contributed by atoms with Crippen molar-refractivity contribution in [2.45, 2.75) is 57.9 Å². The van der Waals surface area contributed by atoms with Crippen molar-refractivity contribution >= 4 is 5.96 Å². The highest BCUT2D eigenvalue weighted by molar-refractivity contribution is 5.80. The minimum atomic E-state index is -2.87. The lowest BCUT2D eigenvalue weighted by atomic mass is 10.1. The first-order chi connectivity index (χ1) is 14.4. The number of nitrogens with one attached hydrogen (secondary N) is 2. The average molecular weight is 422 g/mol. The van der Waals surface area contributed by atoms with Gasteiger partial charge in [-0.05, 0) is 37.5 Å². The summed E-state index contributed by atoms with van der Waals surface area (Å²) in [7, 11) is 1.89. The Kier molecular flexibility index (Phi) is 7.56. The Morgan fingerprint density at radius 1 is 1.27 bits per heavy atom. The average Bonchev–Trinajstić information content (AvgIpc) is 3.34. The third kappa shape index (κ3) is 6.12. The Bertz CT molecular complexity index is 834. The van der Waals surface area contributed by atoms with Gasteiger partial charge in [0, 0.05) is 19.6 Å². The number of alkyl halides is 2. The molecule has 1 fully saturated rings. The van der Waals surface area contributed by atoms with Crippen LogP contribution in [0.3, 0.4) is 0 Å². The highest BCUT2D eigenvalue weighted by Crippen LogP contribution is 2.20. The summed E-state index contributed by atoms with van der Waals surface area (Å²) >= 11 is 0. The number of aliphatic hydroxyl groups is 1. The van der Waals surface area contributed by atoms with Crippen molar-refractivity contribution in [3.05, 3.63) is 41.5 Å². The van der Waals surface area contributed by atoms with Crippen LogP contribution in [0.2, 0.25) is 0 Å². The molecule has 0 radical (unpaired) electrons. The molecule has 1 aromatic heterocycles. The van der Waals surface area contributed by atoms with E-state index < -0.39 is 12.7 Å². The van der Waals surface area contributed by atoms with E-state index in [0.717, 1.165) is 24.5 Å². The number of nitrogens with zero attached hydrogens (tertiary/aromatic N) is 4. The van der Waals surface area contributed by atoms with Gasteiger partial charge >= 0.3 is 6.61 Å². The molecule has 1 atom stereocenters. The third-order valence-electron chi connectivity index (χ3n) is 5.21. The van der Waals surface area contributed by atoms with Gasteiger partial charge in [0.1, 0.15) is 18.1 Å². The molecular formula is C20H28F2N6O2. The number of rotatable bonds is 8. The van der Waals surface area contributed by atoms with E-state index in [1.165, 1.54) is 25.0 Å². The van der Waals surface area contributed by atoms with Gasteiger partial charge in [0.25, 0.3) is 0 Å². The van der Waals surface area contributed by atoms with Crippen molar-refractivity contribution in [2.75, 3.05) is 6.54 Å². The molecule has 0 saturated heterocycles. The molecule has 3 rings (SSSR count). The second-order valence-electron chi connectivity index (χ2n) is 7.36. The fourth-order valence-corrected chi connectivity index (χ4v) is 3.34. The molecule has 10 heteroatoms. The lowest BCUT2D eigenvalue weighted by molar-refractivity contribution is -0.0498. The number of hydrogen-bond donors (Lipinski definition) is 3. The first-order valence-electron chi connectivity index (χ1n) is 10.0. The van der Waals surface area contributed by atoms with Crippen LogP contribution in [0.1, 0.15) is 49.0 Å². The Labute approximate surface area is 174 Å². The molecular weight excluding hydrogens is 394 g/mol. The highest BCUT2D eigenvalue weighted by atomic mass is 19.3. The number of aliphatic hydroxyl groups excluding tert-OH is 1. The molecule has 1 saturated carbocycles. The molecule has 0 spiro atoms. The van der Waals surface area contributed by atoms with E-state index in [-0.39, 0.29) is 12.3 Å². The monoisotopic (exact) mass is 422 g/mol. The second kappa shape index (κ2) is 10.3. The summed E-state index contributed by atoms with van der Waals surface area (Å²) in [5, 5.41) is 25.2. The largest absolute Gasteiger partial charge is 0.435 e. The van der Waals surface area contributed by atoms with Gasteiger partial charge in [-0.25, -0.2) is 4.99 Å². The van der Waals surface area contributed by atoms with E-state index in [4.69, 9.17) is 0 Å². The molecule has 2 aromatic rings. The first kappa shape index (κ1) is 21.9. The van der Waals surface area contributed by atoms with Gasteiger partial charge in [-0.15, -0.1) is 10.2 Å². The van der Waals surface area contributed by atoms with Crippen molar-refractivity contribution in [1.82, 2.24) is 25.4 Å². The molecule has 3 N–H and O–H groups in total. The summed E-state index contributed by atoms with van der Waals surface area (Å²) in [6, 6.07) is 6.29. The maximum Gasteiger partial charge on any atom is 0.387 e. The van der Waals surface area contributed by atoms with Gasteiger partial charge in [0.05, 0.1) is 6.10 Å². The number of guanidine groups is 1. The van der Waals surface area contributed by atoms with Crippen LogP contribution >= 0.6 is 0 Å². The molecule has 0 amide bonds. The molecule has 0 bridgehead atoms. The van der Waals surface area contributed by atoms with Crippen LogP contribution < -0.4 is 15.4 Å². The van der Waals surface area contributed by atoms with Crippen LogP contribution in [-0.2, 0) is 13.6 Å². The van der Waals surface area contributed by atoms with Crippen LogP contribution in [-0.4, -0.2) is 45.0 Å². The number of hydrogen-bond acceptors (Lipinski definition) is 5. The topological polar surface area (TPSA) is 96.6 Å². The zero-order valence-electron chi connectivity index (χ0n) is 17.2. The number of halogens is 2. The number of ether oxygens (including phenoxy) is 1. The van der Waals surface area contributed by atoms with Gasteiger partial charge in [0.2, 0.25) is 0 Å². The minimum absolute atomic E-state index is 0.0537. The predicted molar refractivity (Wildman–Crippen MR) is 108 cm³/mol. The Morgan fingerprint density at radius 3 is 2.57 bits per heavy atom. The van der Waals surface area contributed by atoms with Crippen LogP contribution in [0.15, 0.2) is 29.3 Å². The van der Waals surface area contributed by atoms with Gasteiger partial charge in [-0.3, -0.25) is 0 Å². The molecule has 1 unspecified atom stereocenters. The summed E-state index contributed by atoms with van der Waals surface area (Å²) in [5.41, 5.74) is 0.591. The predicted octanol–water partition coefficient (Wildman–Crippen LogP) is 2.44. The molecule has 1 aliphatic carbocycles. The van der Waals surface area contributed by atoms with E-state index >= 15 is 0 Å². The maximum atomic E-state index is 12.3. The van der Waals surface area contributed by atoms with E-state index in [1.807, 2.05) is 18.5 Å². The molecule has 1 aliphatic rings. The van der Waals surface area contributed by atoms with Crippen LogP contribution in [0.4, 0.5) is 8.78 Å². The van der Waals surface area contributed by atoms with Crippen LogP contribution in [0, 0.1) is 6.92 Å². The quantitative estimate of drug-likeness (QED) is 0.447. The summed E-state index contributed by atoms with van der Waals surface area (Å²) in [4.78, 5) is 4.60. The zero-order valence-corrected chi connectivity index (χ0v) is 17.2. The number of aryl methyl sites for hydroxylation is 1. The van der Waals surface area contributed by atoms with Crippen molar-refractivity contribution in [3.8, 4) is 5.75 Å². The lowest BCUT2D eigenvalue weighted by Gasteiger charge is -2.19. The summed E-state index contributed by atoms with van der Waals surface area (Å²) in [6.07, 6.45) is 3.69. The van der Waals surface area contributed by atoms with E-state index in [0.29, 0.717) is 24.1 Å². The molecule has 1 heterocycles. The zero-order chi connectivity index (χ0) is 21.5. The molecule has 164 valence electrons. The molecule has 30 heavy (non-hydrogen) atoms. The van der Waals surface area contributed by atoms with Crippen molar-refractivity contribution in [3.63, 3.8) is 0 Å². The molecule has 0 aliphatic heterocycles. The van der Waals surface area contributed by atoms with Gasteiger partial charge in [-0.2, -0.15) is 8.78 Å². The number of aliphatic imine (C=N–C) groups is 1. The van der Waals surface area contributed by atoms with Gasteiger partial charge in [-0.1, -0.05) is 25.0 Å². The van der Waals surface area contributed by atoms with E-state index in [9.17, 15) is 13.9 Å². The Morgan fingerprint density at radius 2 is 1.97 bits per heavy atom. The van der Waals surface area contributed by atoms with Crippen LogP contribution in [0.5, 0.6) is 5.75 Å². The SMILES string of the molecule is Cc1nnc(CN=C(NCC(O)c2ccc(OC(F)F)cc2)NC2CCCC2)n1C. The lowest BCUT2D eigenvalue weighted by Crippen LogP contribution is -2.43. The summed E-state index contributed by atoms with van der Waals surface area (Å²) in [6.45, 7) is -0.425. The number of aromatic nitrogens is 3. The second-order valence-corrected chi connectivity index (χ2v) is 7.36. The third-order valence-corrected chi connectivity index (χ3v) is 5.21. The van der Waals surface area contributed by atoms with E-state index in [2.05, 4.69) is 30.6 Å². The smallest absolute Gasteiger partial charge is 0.387 e. The normalized spacial score (nSPS) is 16.1. The number of benzene rings is 1. The summed E-state index contributed by atoms with van der Waals surface area (Å²) < 4.78 is 30.7. The Balaban J connectivity index is 1.61. The van der Waals surface area contributed by atoms with Crippen molar-refractivity contribution in [1.29, 1.82) is 0 Å². The van der Waals surface area contributed by atoms with Crippen molar-refractivity contribution < 1.29 is 18.6 Å². The fourth-order valence-electron chi connectivity index (χ4n) is 3.34. The first-order valence-corrected chi connectivity index (χ1v) is 10.0. The molecule has 8 nitrogen and oxygen atoms in total. The fraction of sp³-hybridized carbons (Fsp3) is 0.550. The Hall–Kier alpha value is -2.75. The van der Waals surface area contributed by atoms with Crippen molar-refractivity contribution in [2.24, 2.45) is 12.0 Å². The highest BCUT2D eigenvalue weighted by Gasteiger charge is 2.17. The summed E-state index contributed by atoms with van der Waals surface area (Å²) in [5.74, 6) is 2.21. The molecule has 1 aromatic carbocycles. The standard InChI is InChI=1S/C20H28F2N6O2/c1-13-26-27-18(28(13)2)12-24-20(25-15-5-3-4-6-15)23-11-17(29)14-7-9-16(10-8-14)30-19(21)22/h7-10,15,17,19,29H,3-6,11-12H2,1-2H3,(H2,23,24,25). The van der Waals surface area contributed by atoms with Crippen LogP contribution in [0.25, 0.3) is 0 Å². The minimum Gasteiger partial charge on any atom is -0.435 e. The van der Waals surface area contributed by atoms with Gasteiger partial charge in [0.15, 0.2) is 11.8 Å².